The summed E-state index contributed by atoms with van der Waals surface area (Å²) >= 11 is 0. The maximum atomic E-state index is 13.4. The second-order valence-electron chi connectivity index (χ2n) is 9.85. The molecule has 0 aliphatic heterocycles. The summed E-state index contributed by atoms with van der Waals surface area (Å²) in [5.74, 6) is 10.6. The normalized spacial score (nSPS) is 12.6. The predicted octanol–water partition coefficient (Wildman–Crippen LogP) is 9.53. The van der Waals surface area contributed by atoms with Crippen LogP contribution in [0.5, 0.6) is 0 Å². The number of pyridine rings is 1. The van der Waals surface area contributed by atoms with Crippen molar-refractivity contribution < 1.29 is 9.13 Å². The van der Waals surface area contributed by atoms with Crippen LogP contribution in [0.3, 0.4) is 0 Å². The summed E-state index contributed by atoms with van der Waals surface area (Å²) in [4.78, 5) is 5.98. The Labute approximate surface area is 240 Å². The summed E-state index contributed by atoms with van der Waals surface area (Å²) < 4.78 is 21.2. The topological polar surface area (TPSA) is 25.4 Å². The van der Waals surface area contributed by atoms with Crippen molar-refractivity contribution in [3.63, 3.8) is 0 Å². The fourth-order valence-corrected chi connectivity index (χ4v) is 5.79. The van der Waals surface area contributed by atoms with Gasteiger partial charge in [-0.2, -0.15) is 0 Å². The van der Waals surface area contributed by atoms with Crippen LogP contribution in [-0.2, 0) is 11.3 Å². The lowest BCUT2D eigenvalue weighted by Gasteiger charge is -2.34. The number of benzene rings is 2. The second kappa shape index (κ2) is 13.5. The van der Waals surface area contributed by atoms with E-state index in [1.165, 1.54) is 17.7 Å². The van der Waals surface area contributed by atoms with E-state index in [0.29, 0.717) is 18.9 Å². The molecule has 3 nitrogen and oxygen atoms in total. The number of hydrogen-bond donors (Lipinski definition) is 0. The lowest BCUT2D eigenvalue weighted by molar-refractivity contribution is 0.239. The van der Waals surface area contributed by atoms with E-state index in [4.69, 9.17) is 9.72 Å². The van der Waals surface area contributed by atoms with E-state index in [9.17, 15) is 4.39 Å². The van der Waals surface area contributed by atoms with Crippen LogP contribution in [0.1, 0.15) is 49.9 Å². The molecule has 2 aromatic carbocycles. The van der Waals surface area contributed by atoms with Crippen LogP contribution in [0.15, 0.2) is 95.8 Å². The molecule has 3 rings (SSSR count). The SMILES string of the molecule is C=C(OCC)C(C)=CC=C(C)S(=C)(=C)N(Cc1ccc(-c2ccc(F)cc2)cc1)c1ncc(C=CC)c(C)c1C. The van der Waals surface area contributed by atoms with Crippen LogP contribution in [0, 0.1) is 19.7 Å². The number of nitrogens with zero attached hydrogens (tertiary/aromatic N) is 2. The minimum Gasteiger partial charge on any atom is -0.494 e. The number of hydrogen-bond acceptors (Lipinski definition) is 3. The van der Waals surface area contributed by atoms with Crippen LogP contribution >= 0.6 is 9.39 Å². The van der Waals surface area contributed by atoms with Crippen molar-refractivity contribution in [2.75, 3.05) is 10.9 Å². The Balaban J connectivity index is 2.06. The summed E-state index contributed by atoms with van der Waals surface area (Å²) in [5, 5.41) is 0. The molecule has 1 heterocycles. The van der Waals surface area contributed by atoms with Crippen molar-refractivity contribution in [3.05, 3.63) is 124 Å². The van der Waals surface area contributed by atoms with E-state index in [1.807, 2.05) is 39.1 Å². The van der Waals surface area contributed by atoms with Crippen LogP contribution in [0.4, 0.5) is 10.2 Å². The van der Waals surface area contributed by atoms with E-state index < -0.39 is 9.39 Å². The van der Waals surface area contributed by atoms with Gasteiger partial charge in [-0.05, 0) is 97.5 Å². The van der Waals surface area contributed by atoms with Crippen molar-refractivity contribution in [2.45, 2.75) is 48.1 Å². The first-order chi connectivity index (χ1) is 19.0. The zero-order valence-corrected chi connectivity index (χ0v) is 25.4. The van der Waals surface area contributed by atoms with Gasteiger partial charge in [0.2, 0.25) is 0 Å². The van der Waals surface area contributed by atoms with Crippen molar-refractivity contribution in [3.8, 4) is 11.1 Å². The molecule has 0 saturated heterocycles. The number of ether oxygens (including phenoxy) is 1. The van der Waals surface area contributed by atoms with Crippen molar-refractivity contribution in [1.29, 1.82) is 0 Å². The number of halogens is 1. The first kappa shape index (κ1) is 30.7. The van der Waals surface area contributed by atoms with Crippen LogP contribution in [0.2, 0.25) is 0 Å². The summed E-state index contributed by atoms with van der Waals surface area (Å²) in [6.45, 7) is 17.4. The van der Waals surface area contributed by atoms with Gasteiger partial charge in [0.25, 0.3) is 0 Å². The van der Waals surface area contributed by atoms with Gasteiger partial charge in [0.1, 0.15) is 17.4 Å². The zero-order valence-electron chi connectivity index (χ0n) is 24.6. The molecule has 0 radical (unpaired) electrons. The molecule has 0 atom stereocenters. The highest BCUT2D eigenvalue weighted by molar-refractivity contribution is 8.31. The number of aromatic nitrogens is 1. The van der Waals surface area contributed by atoms with Crippen molar-refractivity contribution in [2.24, 2.45) is 0 Å². The molecule has 0 saturated carbocycles. The van der Waals surface area contributed by atoms with Gasteiger partial charge in [-0.15, -0.1) is 9.39 Å². The van der Waals surface area contributed by atoms with Gasteiger partial charge in [0.05, 0.1) is 13.2 Å². The van der Waals surface area contributed by atoms with E-state index in [1.54, 1.807) is 12.1 Å². The zero-order chi connectivity index (χ0) is 29.4. The second-order valence-corrected chi connectivity index (χ2v) is 12.6. The van der Waals surface area contributed by atoms with Crippen LogP contribution in [-0.4, -0.2) is 23.3 Å². The Hall–Kier alpha value is -3.83. The first-order valence-electron chi connectivity index (χ1n) is 13.4. The molecule has 0 aliphatic carbocycles. The fourth-order valence-electron chi connectivity index (χ4n) is 4.21. The molecule has 1 aromatic heterocycles. The Kier molecular flexibility index (Phi) is 10.4. The maximum Gasteiger partial charge on any atom is 0.141 e. The molecule has 0 aliphatic rings. The van der Waals surface area contributed by atoms with Gasteiger partial charge in [-0.3, -0.25) is 0 Å². The highest BCUT2D eigenvalue weighted by Crippen LogP contribution is 2.42. The number of rotatable bonds is 11. The van der Waals surface area contributed by atoms with Gasteiger partial charge in [0, 0.05) is 6.20 Å². The van der Waals surface area contributed by atoms with Crippen LogP contribution in [0.25, 0.3) is 17.2 Å². The van der Waals surface area contributed by atoms with E-state index >= 15 is 0 Å². The molecular weight excluding hydrogens is 515 g/mol. The third-order valence-corrected chi connectivity index (χ3v) is 9.53. The molecule has 0 bridgehead atoms. The number of allylic oxidation sites excluding steroid dienone is 5. The molecule has 210 valence electrons. The quantitative estimate of drug-likeness (QED) is 0.134. The maximum absolute atomic E-state index is 13.4. The standard InChI is InChI=1S/C35H41FN2OS/c1-10-12-33-23-37-35(28(6)27(33)5)38(40(8,9)26(4)14-13-25(3)29(7)39-11-2)24-30-15-17-31(18-16-30)32-19-21-34(36)22-20-32/h10,12-23H,7-9,11,24H2,1-6H3. The average molecular weight is 557 g/mol. The van der Waals surface area contributed by atoms with Crippen molar-refractivity contribution in [1.82, 2.24) is 4.98 Å². The summed E-state index contributed by atoms with van der Waals surface area (Å²) in [5.41, 5.74) is 7.45. The van der Waals surface area contributed by atoms with Crippen LogP contribution < -0.4 is 4.31 Å². The van der Waals surface area contributed by atoms with Gasteiger partial charge in [-0.1, -0.05) is 79.0 Å². The lowest BCUT2D eigenvalue weighted by atomic mass is 10.0. The van der Waals surface area contributed by atoms with Gasteiger partial charge >= 0.3 is 0 Å². The Morgan fingerprint density at radius 2 is 1.57 bits per heavy atom. The third kappa shape index (κ3) is 7.22. The third-order valence-electron chi connectivity index (χ3n) is 7.04. The molecule has 0 N–H and O–H groups in total. The predicted molar refractivity (Wildman–Crippen MR) is 177 cm³/mol. The average Bonchev–Trinajstić information content (AvgIpc) is 2.94. The molecule has 0 amide bonds. The summed E-state index contributed by atoms with van der Waals surface area (Å²) in [6.07, 6.45) is 10.1. The molecule has 40 heavy (non-hydrogen) atoms. The van der Waals surface area contributed by atoms with E-state index in [0.717, 1.165) is 44.1 Å². The first-order valence-corrected chi connectivity index (χ1v) is 15.3. The molecule has 0 spiro atoms. The van der Waals surface area contributed by atoms with E-state index in [2.05, 4.69) is 79.8 Å². The largest absolute Gasteiger partial charge is 0.494 e. The fraction of sp³-hybridized carbons (Fsp3) is 0.229. The molecule has 0 fully saturated rings. The molecular formula is C35H41FN2OS. The minimum atomic E-state index is -1.96. The summed E-state index contributed by atoms with van der Waals surface area (Å²) in [6, 6.07) is 14.9. The van der Waals surface area contributed by atoms with Gasteiger partial charge in [-0.25, -0.2) is 9.37 Å². The smallest absolute Gasteiger partial charge is 0.141 e. The lowest BCUT2D eigenvalue weighted by Crippen LogP contribution is -2.22. The Bertz CT molecular complexity index is 1540. The summed E-state index contributed by atoms with van der Waals surface area (Å²) in [7, 11) is -1.96. The van der Waals surface area contributed by atoms with Crippen molar-refractivity contribution >= 4 is 33.0 Å². The molecule has 0 unspecified atom stereocenters. The Morgan fingerprint density at radius 1 is 0.975 bits per heavy atom. The van der Waals surface area contributed by atoms with Gasteiger partial charge < -0.3 is 9.04 Å². The highest BCUT2D eigenvalue weighted by atomic mass is 32.2. The monoisotopic (exact) mass is 556 g/mol. The number of anilines is 1. The van der Waals surface area contributed by atoms with Gasteiger partial charge in [0.15, 0.2) is 0 Å². The molecule has 5 heteroatoms. The van der Waals surface area contributed by atoms with E-state index in [-0.39, 0.29) is 5.82 Å². The molecule has 3 aromatic rings. The Morgan fingerprint density at radius 3 is 2.15 bits per heavy atom. The minimum absolute atomic E-state index is 0.240. The highest BCUT2D eigenvalue weighted by Gasteiger charge is 2.20.